The first kappa shape index (κ1) is 15.0. The van der Waals surface area contributed by atoms with E-state index in [0.717, 1.165) is 4.47 Å². The molecule has 108 valence electrons. The lowest BCUT2D eigenvalue weighted by atomic mass is 10.1. The van der Waals surface area contributed by atoms with Gasteiger partial charge < -0.3 is 15.8 Å². The van der Waals surface area contributed by atoms with Crippen LogP contribution in [0.4, 0.5) is 5.82 Å². The molecule has 0 spiro atoms. The average molecular weight is 350 g/mol. The highest BCUT2D eigenvalue weighted by molar-refractivity contribution is 9.10. The van der Waals surface area contributed by atoms with Gasteiger partial charge in [-0.1, -0.05) is 0 Å². The first-order chi connectivity index (χ1) is 10.0. The number of halogens is 1. The summed E-state index contributed by atoms with van der Waals surface area (Å²) >= 11 is 3.26. The van der Waals surface area contributed by atoms with Gasteiger partial charge in [0.2, 0.25) is 5.91 Å². The summed E-state index contributed by atoms with van der Waals surface area (Å²) in [6.07, 6.45) is 1.56. The SMILES string of the molecule is COc1ccc(C(N)=O)cc1C(=O)Nc1ccc(Br)cn1. The van der Waals surface area contributed by atoms with Crippen LogP contribution in [0.3, 0.4) is 0 Å². The van der Waals surface area contributed by atoms with Crippen LogP contribution in [0.15, 0.2) is 41.0 Å². The highest BCUT2D eigenvalue weighted by Crippen LogP contribution is 2.21. The van der Waals surface area contributed by atoms with Crippen molar-refractivity contribution in [1.82, 2.24) is 4.98 Å². The molecule has 1 aromatic carbocycles. The molecule has 21 heavy (non-hydrogen) atoms. The van der Waals surface area contributed by atoms with Gasteiger partial charge in [0.15, 0.2) is 0 Å². The Kier molecular flexibility index (Phi) is 4.54. The van der Waals surface area contributed by atoms with E-state index < -0.39 is 11.8 Å². The van der Waals surface area contributed by atoms with Gasteiger partial charge in [-0.15, -0.1) is 0 Å². The summed E-state index contributed by atoms with van der Waals surface area (Å²) in [6, 6.07) is 7.79. The lowest BCUT2D eigenvalue weighted by Gasteiger charge is -2.10. The lowest BCUT2D eigenvalue weighted by Crippen LogP contribution is -2.17. The summed E-state index contributed by atoms with van der Waals surface area (Å²) in [5, 5.41) is 2.62. The van der Waals surface area contributed by atoms with E-state index in [0.29, 0.717) is 11.6 Å². The summed E-state index contributed by atoms with van der Waals surface area (Å²) in [4.78, 5) is 27.5. The third-order valence-electron chi connectivity index (χ3n) is 2.70. The van der Waals surface area contributed by atoms with Crippen LogP contribution in [-0.4, -0.2) is 23.9 Å². The van der Waals surface area contributed by atoms with Gasteiger partial charge in [0, 0.05) is 16.2 Å². The number of rotatable bonds is 4. The summed E-state index contributed by atoms with van der Waals surface area (Å²) < 4.78 is 5.92. The number of carbonyl (C=O) groups is 2. The Labute approximate surface area is 129 Å². The normalized spacial score (nSPS) is 10.0. The second-order valence-electron chi connectivity index (χ2n) is 4.10. The van der Waals surface area contributed by atoms with Crippen molar-refractivity contribution in [1.29, 1.82) is 0 Å². The third-order valence-corrected chi connectivity index (χ3v) is 3.17. The maximum absolute atomic E-state index is 12.3. The minimum Gasteiger partial charge on any atom is -0.496 e. The molecular formula is C14H12BrN3O3. The molecule has 0 saturated heterocycles. The zero-order chi connectivity index (χ0) is 15.4. The fourth-order valence-electron chi connectivity index (χ4n) is 1.67. The van der Waals surface area contributed by atoms with Crippen molar-refractivity contribution in [2.45, 2.75) is 0 Å². The van der Waals surface area contributed by atoms with Crippen molar-refractivity contribution in [3.8, 4) is 5.75 Å². The Morgan fingerprint density at radius 3 is 2.62 bits per heavy atom. The molecule has 2 aromatic rings. The zero-order valence-electron chi connectivity index (χ0n) is 11.1. The van der Waals surface area contributed by atoms with Gasteiger partial charge in [-0.25, -0.2) is 4.98 Å². The number of nitrogens with one attached hydrogen (secondary N) is 1. The van der Waals surface area contributed by atoms with Crippen molar-refractivity contribution in [2.24, 2.45) is 5.73 Å². The van der Waals surface area contributed by atoms with Crippen LogP contribution in [0.25, 0.3) is 0 Å². The van der Waals surface area contributed by atoms with E-state index in [1.165, 1.54) is 25.3 Å². The van der Waals surface area contributed by atoms with E-state index in [1.807, 2.05) is 0 Å². The van der Waals surface area contributed by atoms with Crippen LogP contribution in [0, 0.1) is 0 Å². The number of hydrogen-bond acceptors (Lipinski definition) is 4. The Hall–Kier alpha value is -2.41. The molecule has 0 bridgehead atoms. The highest BCUT2D eigenvalue weighted by atomic mass is 79.9. The molecule has 6 nitrogen and oxygen atoms in total. The Morgan fingerprint density at radius 1 is 1.29 bits per heavy atom. The minimum atomic E-state index is -0.617. The number of nitrogens with zero attached hydrogens (tertiary/aromatic N) is 1. The number of anilines is 1. The van der Waals surface area contributed by atoms with E-state index in [-0.39, 0.29) is 11.1 Å². The summed E-state index contributed by atoms with van der Waals surface area (Å²) in [5.41, 5.74) is 5.65. The van der Waals surface area contributed by atoms with Gasteiger partial charge in [0.1, 0.15) is 11.6 Å². The van der Waals surface area contributed by atoms with Crippen LogP contribution in [0.5, 0.6) is 5.75 Å². The quantitative estimate of drug-likeness (QED) is 0.884. The largest absolute Gasteiger partial charge is 0.496 e. The van der Waals surface area contributed by atoms with E-state index in [9.17, 15) is 9.59 Å². The van der Waals surface area contributed by atoms with Gasteiger partial charge >= 0.3 is 0 Å². The van der Waals surface area contributed by atoms with Gasteiger partial charge in [0.25, 0.3) is 5.91 Å². The van der Waals surface area contributed by atoms with Crippen LogP contribution in [0.2, 0.25) is 0 Å². The molecule has 0 radical (unpaired) electrons. The zero-order valence-corrected chi connectivity index (χ0v) is 12.7. The molecule has 0 atom stereocenters. The number of aromatic nitrogens is 1. The molecule has 1 heterocycles. The molecule has 0 aliphatic rings. The van der Waals surface area contributed by atoms with Crippen LogP contribution >= 0.6 is 15.9 Å². The fraction of sp³-hybridized carbons (Fsp3) is 0.0714. The molecule has 2 amide bonds. The molecule has 0 unspecified atom stereocenters. The predicted molar refractivity (Wildman–Crippen MR) is 81.4 cm³/mol. The molecule has 7 heteroatoms. The standard InChI is InChI=1S/C14H12BrN3O3/c1-21-11-4-2-8(13(16)19)6-10(11)14(20)18-12-5-3-9(15)7-17-12/h2-7H,1H3,(H2,16,19)(H,17,18,20). The number of amides is 2. The Morgan fingerprint density at radius 2 is 2.05 bits per heavy atom. The topological polar surface area (TPSA) is 94.3 Å². The first-order valence-corrected chi connectivity index (χ1v) is 6.71. The molecule has 0 saturated carbocycles. The number of carbonyl (C=O) groups excluding carboxylic acids is 2. The monoisotopic (exact) mass is 349 g/mol. The Bertz CT molecular complexity index is 686. The average Bonchev–Trinajstić information content (AvgIpc) is 2.48. The maximum Gasteiger partial charge on any atom is 0.260 e. The summed E-state index contributed by atoms with van der Waals surface area (Å²) in [7, 11) is 1.44. The molecule has 2 rings (SSSR count). The van der Waals surface area contributed by atoms with Crippen LogP contribution in [0.1, 0.15) is 20.7 Å². The highest BCUT2D eigenvalue weighted by Gasteiger charge is 2.15. The molecule has 0 fully saturated rings. The molecule has 0 aliphatic carbocycles. The second kappa shape index (κ2) is 6.36. The van der Waals surface area contributed by atoms with Gasteiger partial charge in [-0.2, -0.15) is 0 Å². The summed E-state index contributed by atoms with van der Waals surface area (Å²) in [6.45, 7) is 0. The lowest BCUT2D eigenvalue weighted by molar-refractivity contribution is 0.1000. The predicted octanol–water partition coefficient (Wildman–Crippen LogP) is 2.20. The minimum absolute atomic E-state index is 0.207. The third kappa shape index (κ3) is 3.57. The van der Waals surface area contributed by atoms with Gasteiger partial charge in [-0.3, -0.25) is 9.59 Å². The molecule has 3 N–H and O–H groups in total. The second-order valence-corrected chi connectivity index (χ2v) is 5.01. The summed E-state index contributed by atoms with van der Waals surface area (Å²) in [5.74, 6) is -0.331. The maximum atomic E-state index is 12.3. The number of nitrogens with two attached hydrogens (primary N) is 1. The number of primary amides is 1. The van der Waals surface area contributed by atoms with Crippen molar-refractivity contribution in [3.63, 3.8) is 0 Å². The van der Waals surface area contributed by atoms with Crippen molar-refractivity contribution < 1.29 is 14.3 Å². The molecular weight excluding hydrogens is 338 g/mol. The fourth-order valence-corrected chi connectivity index (χ4v) is 1.91. The smallest absolute Gasteiger partial charge is 0.260 e. The van der Waals surface area contributed by atoms with Crippen molar-refractivity contribution in [2.75, 3.05) is 12.4 Å². The molecule has 1 aromatic heterocycles. The van der Waals surface area contributed by atoms with Gasteiger partial charge in [0.05, 0.1) is 12.7 Å². The number of hydrogen-bond donors (Lipinski definition) is 2. The Balaban J connectivity index is 2.30. The van der Waals surface area contributed by atoms with Gasteiger partial charge in [-0.05, 0) is 46.3 Å². The molecule has 0 aliphatic heterocycles. The van der Waals surface area contributed by atoms with E-state index in [1.54, 1.807) is 18.3 Å². The first-order valence-electron chi connectivity index (χ1n) is 5.92. The van der Waals surface area contributed by atoms with Crippen LogP contribution < -0.4 is 15.8 Å². The van der Waals surface area contributed by atoms with E-state index >= 15 is 0 Å². The van der Waals surface area contributed by atoms with E-state index in [2.05, 4.69) is 26.2 Å². The number of ether oxygens (including phenoxy) is 1. The number of methoxy groups -OCH3 is 1. The van der Waals surface area contributed by atoms with Crippen molar-refractivity contribution in [3.05, 3.63) is 52.1 Å². The van der Waals surface area contributed by atoms with E-state index in [4.69, 9.17) is 10.5 Å². The number of benzene rings is 1. The number of pyridine rings is 1. The van der Waals surface area contributed by atoms with Crippen molar-refractivity contribution >= 4 is 33.6 Å². The van der Waals surface area contributed by atoms with Crippen LogP contribution in [-0.2, 0) is 0 Å².